The van der Waals surface area contributed by atoms with Crippen LogP contribution in [0, 0.1) is 6.92 Å². The van der Waals surface area contributed by atoms with Crippen LogP contribution in [-0.4, -0.2) is 27.4 Å². The summed E-state index contributed by atoms with van der Waals surface area (Å²) in [7, 11) is 0. The fourth-order valence-electron chi connectivity index (χ4n) is 4.46. The van der Waals surface area contributed by atoms with Gasteiger partial charge in [-0.25, -0.2) is 9.97 Å². The van der Waals surface area contributed by atoms with E-state index in [0.717, 1.165) is 60.2 Å². The molecule has 1 saturated carbocycles. The van der Waals surface area contributed by atoms with E-state index in [9.17, 15) is 0 Å². The molecule has 1 aliphatic carbocycles. The van der Waals surface area contributed by atoms with Gasteiger partial charge >= 0.3 is 0 Å². The highest BCUT2D eigenvalue weighted by molar-refractivity contribution is 7.98. The van der Waals surface area contributed by atoms with Crippen molar-refractivity contribution in [3.05, 3.63) is 40.8 Å². The number of nitrogens with one attached hydrogen (secondary N) is 1. The van der Waals surface area contributed by atoms with Crippen molar-refractivity contribution in [1.82, 2.24) is 14.5 Å². The van der Waals surface area contributed by atoms with Gasteiger partial charge in [0.25, 0.3) is 0 Å². The molecule has 7 heteroatoms. The Morgan fingerprint density at radius 3 is 2.67 bits per heavy atom. The molecule has 3 aromatic rings. The van der Waals surface area contributed by atoms with Gasteiger partial charge in [-0.1, -0.05) is 24.1 Å². The highest BCUT2D eigenvalue weighted by atomic mass is 35.5. The van der Waals surface area contributed by atoms with Crippen molar-refractivity contribution in [2.45, 2.75) is 62.5 Å². The molecule has 1 atom stereocenters. The van der Waals surface area contributed by atoms with Crippen molar-refractivity contribution in [1.29, 1.82) is 0 Å². The van der Waals surface area contributed by atoms with Gasteiger partial charge in [-0.15, -0.1) is 11.8 Å². The predicted octanol–water partition coefficient (Wildman–Crippen LogP) is 6.83. The van der Waals surface area contributed by atoms with Crippen LogP contribution >= 0.6 is 23.4 Å². The Morgan fingerprint density at radius 1 is 1.10 bits per heavy atom. The lowest BCUT2D eigenvalue weighted by molar-refractivity contribution is -0.0309. The van der Waals surface area contributed by atoms with Crippen LogP contribution in [0.5, 0.6) is 0 Å². The van der Waals surface area contributed by atoms with E-state index in [-0.39, 0.29) is 6.23 Å². The molecule has 1 unspecified atom stereocenters. The zero-order valence-electron chi connectivity index (χ0n) is 17.4. The Bertz CT molecular complexity index is 1070. The van der Waals surface area contributed by atoms with Crippen molar-refractivity contribution in [2.24, 2.45) is 0 Å². The average Bonchev–Trinajstić information content (AvgIpc) is 3.04. The quantitative estimate of drug-likeness (QED) is 0.346. The molecule has 1 aliphatic heterocycles. The van der Waals surface area contributed by atoms with E-state index in [4.69, 9.17) is 21.3 Å². The molecule has 5 nitrogen and oxygen atoms in total. The minimum Gasteiger partial charge on any atom is -0.358 e. The summed E-state index contributed by atoms with van der Waals surface area (Å²) in [4.78, 5) is 10.7. The van der Waals surface area contributed by atoms with Gasteiger partial charge < -0.3 is 10.1 Å². The topological polar surface area (TPSA) is 52.0 Å². The fourth-order valence-corrected chi connectivity index (χ4v) is 5.24. The van der Waals surface area contributed by atoms with Gasteiger partial charge in [0.1, 0.15) is 22.7 Å². The van der Waals surface area contributed by atoms with Crippen molar-refractivity contribution >= 4 is 45.9 Å². The maximum Gasteiger partial charge on any atom is 0.166 e. The zero-order chi connectivity index (χ0) is 20.7. The van der Waals surface area contributed by atoms with Crippen molar-refractivity contribution in [2.75, 3.05) is 18.2 Å². The number of hydrogen-bond acceptors (Lipinski definition) is 5. The van der Waals surface area contributed by atoms with Gasteiger partial charge in [0.2, 0.25) is 0 Å². The summed E-state index contributed by atoms with van der Waals surface area (Å²) in [6, 6.07) is 8.64. The Labute approximate surface area is 186 Å². The lowest BCUT2D eigenvalue weighted by atomic mass is 9.80. The second kappa shape index (κ2) is 8.40. The van der Waals surface area contributed by atoms with Crippen molar-refractivity contribution in [3.8, 4) is 0 Å². The van der Waals surface area contributed by atoms with Crippen LogP contribution in [0.3, 0.4) is 0 Å². The van der Waals surface area contributed by atoms with E-state index < -0.39 is 0 Å². The molecule has 1 N–H and O–H groups in total. The minimum atomic E-state index is -0.0221. The molecule has 1 aromatic carbocycles. The molecule has 0 bridgehead atoms. The Balaban J connectivity index is 1.53. The summed E-state index contributed by atoms with van der Waals surface area (Å²) in [5.41, 5.74) is 5.03. The normalized spacial score (nSPS) is 19.8. The van der Waals surface area contributed by atoms with Crippen LogP contribution < -0.4 is 5.32 Å². The predicted molar refractivity (Wildman–Crippen MR) is 124 cm³/mol. The molecule has 2 fully saturated rings. The van der Waals surface area contributed by atoms with E-state index in [1.165, 1.54) is 29.7 Å². The van der Waals surface area contributed by atoms with Gasteiger partial charge in [0.05, 0.1) is 11.4 Å². The number of anilines is 2. The third kappa shape index (κ3) is 3.70. The van der Waals surface area contributed by atoms with Crippen molar-refractivity contribution < 1.29 is 4.74 Å². The maximum atomic E-state index is 6.44. The molecule has 2 aromatic heterocycles. The molecule has 158 valence electrons. The van der Waals surface area contributed by atoms with Gasteiger partial charge in [0, 0.05) is 17.6 Å². The number of imidazole rings is 1. The Hall–Kier alpha value is -1.76. The van der Waals surface area contributed by atoms with Crippen LogP contribution in [0.2, 0.25) is 5.15 Å². The highest BCUT2D eigenvalue weighted by Crippen LogP contribution is 2.40. The second-order valence-corrected chi connectivity index (χ2v) is 9.46. The first-order valence-electron chi connectivity index (χ1n) is 10.8. The van der Waals surface area contributed by atoms with Crippen LogP contribution in [0.4, 0.5) is 11.4 Å². The summed E-state index contributed by atoms with van der Waals surface area (Å²) in [5.74, 6) is 1.63. The number of fused-ring (bicyclic) bond motifs is 1. The third-order valence-corrected chi connectivity index (χ3v) is 7.28. The number of aromatic nitrogens is 3. The van der Waals surface area contributed by atoms with Crippen LogP contribution in [-0.2, 0) is 4.74 Å². The summed E-state index contributed by atoms with van der Waals surface area (Å²) in [5, 5.41) is 4.05. The number of halogens is 1. The van der Waals surface area contributed by atoms with Gasteiger partial charge in [-0.3, -0.25) is 4.57 Å². The number of aryl methyl sites for hydroxylation is 1. The number of hydrogen-bond donors (Lipinski definition) is 1. The van der Waals surface area contributed by atoms with Gasteiger partial charge in [0.15, 0.2) is 5.65 Å². The van der Waals surface area contributed by atoms with Crippen LogP contribution in [0.15, 0.2) is 29.2 Å². The van der Waals surface area contributed by atoms with E-state index in [1.807, 2.05) is 13.0 Å². The Morgan fingerprint density at radius 2 is 1.97 bits per heavy atom. The van der Waals surface area contributed by atoms with Crippen LogP contribution in [0.1, 0.15) is 62.1 Å². The first-order valence-corrected chi connectivity index (χ1v) is 12.4. The second-order valence-electron chi connectivity index (χ2n) is 8.23. The van der Waals surface area contributed by atoms with Crippen molar-refractivity contribution in [3.63, 3.8) is 0 Å². The number of ether oxygens (including phenoxy) is 1. The number of thioether (sulfide) groups is 1. The summed E-state index contributed by atoms with van der Waals surface area (Å²) in [6.45, 7) is 2.79. The Kier molecular flexibility index (Phi) is 5.65. The van der Waals surface area contributed by atoms with E-state index in [0.29, 0.717) is 5.15 Å². The number of rotatable bonds is 5. The van der Waals surface area contributed by atoms with E-state index in [1.54, 1.807) is 11.8 Å². The molecule has 5 rings (SSSR count). The lowest BCUT2D eigenvalue weighted by Crippen LogP contribution is -2.19. The molecule has 0 amide bonds. The maximum absolute atomic E-state index is 6.44. The smallest absolute Gasteiger partial charge is 0.166 e. The summed E-state index contributed by atoms with van der Waals surface area (Å²) >= 11 is 8.20. The fraction of sp³-hybridized carbons (Fsp3) is 0.478. The first kappa shape index (κ1) is 20.2. The number of nitrogens with zero attached hydrogens (tertiary/aromatic N) is 3. The van der Waals surface area contributed by atoms with E-state index in [2.05, 4.69) is 39.3 Å². The standard InChI is InChI=1S/C23H27ClN4OS/c1-14-25-22-18(13-20(24)27-23(22)28(14)21-8-3-4-11-29-21)26-17-10-9-16(12-19(17)30-2)15-6-5-7-15/h9-10,12-13,15,21H,3-8,11H2,1-2H3,(H,26,27). The van der Waals surface area contributed by atoms with Gasteiger partial charge in [-0.2, -0.15) is 0 Å². The number of pyridine rings is 1. The minimum absolute atomic E-state index is 0.0221. The molecule has 3 heterocycles. The molecule has 2 aliphatic rings. The largest absolute Gasteiger partial charge is 0.358 e. The molecule has 30 heavy (non-hydrogen) atoms. The first-order chi connectivity index (χ1) is 14.6. The molecule has 0 spiro atoms. The summed E-state index contributed by atoms with van der Waals surface area (Å²) < 4.78 is 8.11. The molecular formula is C23H27ClN4OS. The van der Waals surface area contributed by atoms with Gasteiger partial charge in [-0.05, 0) is 68.9 Å². The average molecular weight is 443 g/mol. The molecule has 1 saturated heterocycles. The van der Waals surface area contributed by atoms with Crippen LogP contribution in [0.25, 0.3) is 11.2 Å². The summed E-state index contributed by atoms with van der Waals surface area (Å²) in [6.07, 6.45) is 9.30. The molecule has 0 radical (unpaired) electrons. The van der Waals surface area contributed by atoms with E-state index >= 15 is 0 Å². The zero-order valence-corrected chi connectivity index (χ0v) is 19.0. The SMILES string of the molecule is CSc1cc(C2CCC2)ccc1Nc1cc(Cl)nc2c1nc(C)n2C1CCCCO1. The number of benzene rings is 1. The third-order valence-electron chi connectivity index (χ3n) is 6.31. The highest BCUT2D eigenvalue weighted by Gasteiger charge is 2.24. The lowest BCUT2D eigenvalue weighted by Gasteiger charge is -2.26. The molecular weight excluding hydrogens is 416 g/mol. The monoisotopic (exact) mass is 442 g/mol.